The van der Waals surface area contributed by atoms with Gasteiger partial charge in [-0.15, -0.1) is 6.58 Å². The first-order valence-corrected chi connectivity index (χ1v) is 9.02. The van der Waals surface area contributed by atoms with Gasteiger partial charge in [-0.3, -0.25) is 4.79 Å². The van der Waals surface area contributed by atoms with Crippen molar-refractivity contribution in [3.05, 3.63) is 48.7 Å². The summed E-state index contributed by atoms with van der Waals surface area (Å²) >= 11 is 0. The van der Waals surface area contributed by atoms with E-state index in [0.29, 0.717) is 18.5 Å². The minimum absolute atomic E-state index is 0.0318. The molecule has 1 aromatic heterocycles. The van der Waals surface area contributed by atoms with Gasteiger partial charge in [-0.05, 0) is 12.5 Å². The highest BCUT2D eigenvalue weighted by Crippen LogP contribution is 2.22. The van der Waals surface area contributed by atoms with E-state index in [2.05, 4.69) is 11.9 Å². The second kappa shape index (κ2) is 5.61. The van der Waals surface area contributed by atoms with Crippen molar-refractivity contribution in [1.82, 2.24) is 9.88 Å². The minimum Gasteiger partial charge on any atom is -0.348 e. The van der Waals surface area contributed by atoms with Gasteiger partial charge in [0.15, 0.2) is 9.84 Å². The van der Waals surface area contributed by atoms with Gasteiger partial charge in [-0.2, -0.15) is 0 Å². The zero-order chi connectivity index (χ0) is 15.7. The van der Waals surface area contributed by atoms with Crippen LogP contribution in [0, 0.1) is 0 Å². The number of carbonyl (C=O) groups excluding carboxylic acids is 1. The molecule has 1 aromatic carbocycles. The Morgan fingerprint density at radius 2 is 2.18 bits per heavy atom. The predicted molar refractivity (Wildman–Crippen MR) is 86.7 cm³/mol. The molecule has 6 heteroatoms. The summed E-state index contributed by atoms with van der Waals surface area (Å²) in [5.41, 5.74) is 1.54. The number of hydrogen-bond donors (Lipinski definition) is 1. The summed E-state index contributed by atoms with van der Waals surface area (Å²) in [6.07, 6.45) is 4.06. The Hall–Kier alpha value is -2.08. The quantitative estimate of drug-likeness (QED) is 0.873. The lowest BCUT2D eigenvalue weighted by atomic mass is 10.1. The molecular weight excluding hydrogens is 300 g/mol. The van der Waals surface area contributed by atoms with Crippen LogP contribution in [-0.4, -0.2) is 36.4 Å². The molecule has 116 valence electrons. The number of benzene rings is 1. The standard InChI is InChI=1S/C16H18N2O3S/c1-2-8-18-10-14(13-5-3-4-6-15(13)18)16(19)17-12-7-9-22(20,21)11-12/h2-6,10,12H,1,7-9,11H2,(H,17,19). The van der Waals surface area contributed by atoms with Crippen LogP contribution in [0.3, 0.4) is 0 Å². The average Bonchev–Trinajstić information content (AvgIpc) is 3.00. The van der Waals surface area contributed by atoms with E-state index in [0.717, 1.165) is 10.9 Å². The molecular formula is C16H18N2O3S. The van der Waals surface area contributed by atoms with Gasteiger partial charge < -0.3 is 9.88 Å². The lowest BCUT2D eigenvalue weighted by molar-refractivity contribution is 0.0942. The van der Waals surface area contributed by atoms with Crippen molar-refractivity contribution in [3.63, 3.8) is 0 Å². The molecule has 1 saturated heterocycles. The number of allylic oxidation sites excluding steroid dienone is 1. The molecule has 1 amide bonds. The van der Waals surface area contributed by atoms with Crippen LogP contribution in [0.15, 0.2) is 43.1 Å². The van der Waals surface area contributed by atoms with Crippen molar-refractivity contribution in [3.8, 4) is 0 Å². The predicted octanol–water partition coefficient (Wildman–Crippen LogP) is 1.74. The average molecular weight is 318 g/mol. The van der Waals surface area contributed by atoms with E-state index in [-0.39, 0.29) is 23.5 Å². The zero-order valence-corrected chi connectivity index (χ0v) is 13.0. The topological polar surface area (TPSA) is 68.2 Å². The zero-order valence-electron chi connectivity index (χ0n) is 12.2. The smallest absolute Gasteiger partial charge is 0.253 e. The van der Waals surface area contributed by atoms with Crippen LogP contribution in [0.1, 0.15) is 16.8 Å². The molecule has 3 rings (SSSR count). The van der Waals surface area contributed by atoms with Gasteiger partial charge in [-0.25, -0.2) is 8.42 Å². The van der Waals surface area contributed by atoms with Crippen molar-refractivity contribution in [2.75, 3.05) is 11.5 Å². The van der Waals surface area contributed by atoms with Crippen LogP contribution in [0.2, 0.25) is 0 Å². The number of nitrogens with one attached hydrogen (secondary N) is 1. The third-order valence-corrected chi connectivity index (χ3v) is 5.69. The van der Waals surface area contributed by atoms with E-state index in [1.54, 1.807) is 12.3 Å². The largest absolute Gasteiger partial charge is 0.348 e. The molecule has 1 unspecified atom stereocenters. The van der Waals surface area contributed by atoms with Crippen molar-refractivity contribution in [1.29, 1.82) is 0 Å². The maximum Gasteiger partial charge on any atom is 0.253 e. The highest BCUT2D eigenvalue weighted by Gasteiger charge is 2.29. The number of carbonyl (C=O) groups is 1. The Kier molecular flexibility index (Phi) is 3.78. The monoisotopic (exact) mass is 318 g/mol. The van der Waals surface area contributed by atoms with E-state index < -0.39 is 9.84 Å². The van der Waals surface area contributed by atoms with Crippen molar-refractivity contribution >= 4 is 26.6 Å². The number of sulfone groups is 1. The molecule has 0 aliphatic carbocycles. The van der Waals surface area contributed by atoms with E-state index >= 15 is 0 Å². The summed E-state index contributed by atoms with van der Waals surface area (Å²) in [6.45, 7) is 4.34. The summed E-state index contributed by atoms with van der Waals surface area (Å²) in [5.74, 6) is -0.0404. The Bertz CT molecular complexity index is 836. The fourth-order valence-electron chi connectivity index (χ4n) is 2.89. The molecule has 1 fully saturated rings. The number of hydrogen-bond acceptors (Lipinski definition) is 3. The fourth-order valence-corrected chi connectivity index (χ4v) is 4.56. The number of para-hydroxylation sites is 1. The number of amides is 1. The van der Waals surface area contributed by atoms with Crippen molar-refractivity contribution < 1.29 is 13.2 Å². The first kappa shape index (κ1) is 14.8. The molecule has 1 N–H and O–H groups in total. The molecule has 5 nitrogen and oxygen atoms in total. The van der Waals surface area contributed by atoms with Crippen molar-refractivity contribution in [2.45, 2.75) is 19.0 Å². The van der Waals surface area contributed by atoms with Gasteiger partial charge in [0, 0.05) is 29.7 Å². The third kappa shape index (κ3) is 2.78. The normalized spacial score (nSPS) is 20.1. The summed E-state index contributed by atoms with van der Waals surface area (Å²) in [4.78, 5) is 12.5. The van der Waals surface area contributed by atoms with Crippen LogP contribution in [0.4, 0.5) is 0 Å². The maximum atomic E-state index is 12.5. The number of rotatable bonds is 4. The molecule has 22 heavy (non-hydrogen) atoms. The third-order valence-electron chi connectivity index (χ3n) is 3.93. The molecule has 1 aliphatic rings. The van der Waals surface area contributed by atoms with Crippen LogP contribution < -0.4 is 5.32 Å². The van der Waals surface area contributed by atoms with Gasteiger partial charge in [0.1, 0.15) is 0 Å². The minimum atomic E-state index is -3.00. The number of nitrogens with zero attached hydrogens (tertiary/aromatic N) is 1. The van der Waals surface area contributed by atoms with Crippen molar-refractivity contribution in [2.24, 2.45) is 0 Å². The molecule has 0 spiro atoms. The van der Waals surface area contributed by atoms with Gasteiger partial charge in [0.25, 0.3) is 5.91 Å². The summed E-state index contributed by atoms with van der Waals surface area (Å²) in [6, 6.07) is 7.37. The van der Waals surface area contributed by atoms with Gasteiger partial charge in [-0.1, -0.05) is 24.3 Å². The Balaban J connectivity index is 1.89. The lowest BCUT2D eigenvalue weighted by Gasteiger charge is -2.09. The summed E-state index contributed by atoms with van der Waals surface area (Å²) < 4.78 is 24.9. The Morgan fingerprint density at radius 3 is 2.86 bits per heavy atom. The van der Waals surface area contributed by atoms with Crippen LogP contribution in [-0.2, 0) is 16.4 Å². The Labute approximate surface area is 129 Å². The number of aromatic nitrogens is 1. The molecule has 1 aliphatic heterocycles. The molecule has 1 atom stereocenters. The maximum absolute atomic E-state index is 12.5. The van der Waals surface area contributed by atoms with E-state index in [4.69, 9.17) is 0 Å². The highest BCUT2D eigenvalue weighted by molar-refractivity contribution is 7.91. The SMILES string of the molecule is C=CCn1cc(C(=O)NC2CCS(=O)(=O)C2)c2ccccc21. The first-order chi connectivity index (χ1) is 10.5. The fraction of sp³-hybridized carbons (Fsp3) is 0.312. The van der Waals surface area contributed by atoms with E-state index in [1.807, 2.05) is 28.8 Å². The second-order valence-electron chi connectivity index (χ2n) is 5.57. The van der Waals surface area contributed by atoms with Gasteiger partial charge in [0.05, 0.1) is 17.1 Å². The van der Waals surface area contributed by atoms with Crippen LogP contribution in [0.25, 0.3) is 10.9 Å². The van der Waals surface area contributed by atoms with E-state index in [9.17, 15) is 13.2 Å². The van der Waals surface area contributed by atoms with Crippen LogP contribution >= 0.6 is 0 Å². The number of fused-ring (bicyclic) bond motifs is 1. The molecule has 0 radical (unpaired) electrons. The highest BCUT2D eigenvalue weighted by atomic mass is 32.2. The molecule has 0 saturated carbocycles. The summed E-state index contributed by atoms with van der Waals surface area (Å²) in [5, 5.41) is 3.70. The second-order valence-corrected chi connectivity index (χ2v) is 7.80. The van der Waals surface area contributed by atoms with Gasteiger partial charge >= 0.3 is 0 Å². The lowest BCUT2D eigenvalue weighted by Crippen LogP contribution is -2.35. The van der Waals surface area contributed by atoms with Gasteiger partial charge in [0.2, 0.25) is 0 Å². The molecule has 2 aromatic rings. The van der Waals surface area contributed by atoms with E-state index in [1.165, 1.54) is 0 Å². The molecule has 2 heterocycles. The first-order valence-electron chi connectivity index (χ1n) is 7.20. The molecule has 0 bridgehead atoms. The van der Waals surface area contributed by atoms with Crippen LogP contribution in [0.5, 0.6) is 0 Å². The summed E-state index contributed by atoms with van der Waals surface area (Å²) in [7, 11) is -3.00. The Morgan fingerprint density at radius 1 is 1.41 bits per heavy atom.